The first-order valence-electron chi connectivity index (χ1n) is 11.5. The maximum Gasteiger partial charge on any atom is 0.251 e. The van der Waals surface area contributed by atoms with Gasteiger partial charge in [-0.05, 0) is 52.6 Å². The highest BCUT2D eigenvalue weighted by molar-refractivity contribution is 6.03. The van der Waals surface area contributed by atoms with E-state index in [1.54, 1.807) is 23.4 Å². The lowest BCUT2D eigenvalue weighted by Crippen LogP contribution is -2.29. The number of hydrogen-bond donors (Lipinski definition) is 1. The van der Waals surface area contributed by atoms with Gasteiger partial charge in [-0.25, -0.2) is 0 Å². The van der Waals surface area contributed by atoms with Crippen molar-refractivity contribution in [3.63, 3.8) is 0 Å². The zero-order valence-corrected chi connectivity index (χ0v) is 19.4. The van der Waals surface area contributed by atoms with Crippen molar-refractivity contribution in [2.24, 2.45) is 0 Å². The van der Waals surface area contributed by atoms with E-state index in [9.17, 15) is 9.59 Å². The van der Waals surface area contributed by atoms with E-state index in [-0.39, 0.29) is 18.2 Å². The number of nitrogens with one attached hydrogen (secondary N) is 1. The number of hydrogen-bond acceptors (Lipinski definition) is 3. The molecule has 3 aromatic carbocycles. The van der Waals surface area contributed by atoms with E-state index in [2.05, 4.69) is 10.3 Å². The fourth-order valence-corrected chi connectivity index (χ4v) is 3.67. The molecule has 1 aromatic heterocycles. The average molecular weight is 462 g/mol. The minimum Gasteiger partial charge on any atom is -0.352 e. The fourth-order valence-electron chi connectivity index (χ4n) is 3.67. The second kappa shape index (κ2) is 12.1. The summed E-state index contributed by atoms with van der Waals surface area (Å²) in [5.74, 6) is -0.208. The van der Waals surface area contributed by atoms with Gasteiger partial charge in [-0.3, -0.25) is 14.6 Å². The maximum absolute atomic E-state index is 13.3. The lowest BCUT2D eigenvalue weighted by molar-refractivity contribution is -0.120. The number of benzene rings is 3. The molecule has 0 spiro atoms. The lowest BCUT2D eigenvalue weighted by atomic mass is 10.1. The average Bonchev–Trinajstić information content (AvgIpc) is 2.91. The first-order valence-corrected chi connectivity index (χ1v) is 11.5. The van der Waals surface area contributed by atoms with Gasteiger partial charge in [-0.15, -0.1) is 0 Å². The molecule has 35 heavy (non-hydrogen) atoms. The fraction of sp³-hybridized carbons (Fsp3) is 0.100. The van der Waals surface area contributed by atoms with Gasteiger partial charge < -0.3 is 10.2 Å². The van der Waals surface area contributed by atoms with E-state index in [0.29, 0.717) is 13.1 Å². The van der Waals surface area contributed by atoms with E-state index in [1.165, 1.54) is 0 Å². The van der Waals surface area contributed by atoms with Gasteiger partial charge in [0.25, 0.3) is 5.91 Å². The van der Waals surface area contributed by atoms with E-state index in [0.717, 1.165) is 27.9 Å². The van der Waals surface area contributed by atoms with Gasteiger partial charge in [-0.1, -0.05) is 72.8 Å². The summed E-state index contributed by atoms with van der Waals surface area (Å²) in [5.41, 5.74) is 4.56. The SMILES string of the molecule is O=C(Cc1cccc(N(Cc2ccccc2)C(=O)/C=C/c2ccccc2)c1)NCc1ccncc1. The normalized spacial score (nSPS) is 10.7. The first kappa shape index (κ1) is 23.6. The highest BCUT2D eigenvalue weighted by Gasteiger charge is 2.15. The second-order valence-corrected chi connectivity index (χ2v) is 8.13. The van der Waals surface area contributed by atoms with Crippen molar-refractivity contribution in [3.05, 3.63) is 138 Å². The number of nitrogens with zero attached hydrogens (tertiary/aromatic N) is 2. The van der Waals surface area contributed by atoms with Crippen LogP contribution in [0.25, 0.3) is 6.08 Å². The van der Waals surface area contributed by atoms with Crippen LogP contribution in [0.15, 0.2) is 116 Å². The molecule has 0 atom stereocenters. The van der Waals surface area contributed by atoms with E-state index in [4.69, 9.17) is 0 Å². The molecule has 0 radical (unpaired) electrons. The van der Waals surface area contributed by atoms with Gasteiger partial charge in [0.05, 0.1) is 13.0 Å². The summed E-state index contributed by atoms with van der Waals surface area (Å²) in [6.07, 6.45) is 7.04. The Hall–Kier alpha value is -4.51. The van der Waals surface area contributed by atoms with Gasteiger partial charge in [0.15, 0.2) is 0 Å². The van der Waals surface area contributed by atoms with E-state index < -0.39 is 0 Å². The molecule has 0 saturated carbocycles. The number of rotatable bonds is 9. The van der Waals surface area contributed by atoms with Gasteiger partial charge >= 0.3 is 0 Å². The minimum absolute atomic E-state index is 0.0797. The number of amides is 2. The van der Waals surface area contributed by atoms with Gasteiger partial charge in [0.2, 0.25) is 5.91 Å². The molecule has 0 aliphatic rings. The molecule has 0 aliphatic carbocycles. The Bertz CT molecular complexity index is 1270. The summed E-state index contributed by atoms with van der Waals surface area (Å²) < 4.78 is 0. The van der Waals surface area contributed by atoms with Crippen LogP contribution < -0.4 is 10.2 Å². The van der Waals surface area contributed by atoms with Crippen LogP contribution in [0.3, 0.4) is 0 Å². The number of carbonyl (C=O) groups is 2. The summed E-state index contributed by atoms with van der Waals surface area (Å²) in [7, 11) is 0. The molecule has 4 aromatic rings. The molecular formula is C30H27N3O2. The maximum atomic E-state index is 13.3. The summed E-state index contributed by atoms with van der Waals surface area (Å²) in [6.45, 7) is 0.875. The number of carbonyl (C=O) groups excluding carboxylic acids is 2. The van der Waals surface area contributed by atoms with Crippen molar-refractivity contribution >= 4 is 23.6 Å². The van der Waals surface area contributed by atoms with Crippen LogP contribution in [-0.4, -0.2) is 16.8 Å². The molecule has 0 saturated heterocycles. The summed E-state index contributed by atoms with van der Waals surface area (Å²) >= 11 is 0. The smallest absolute Gasteiger partial charge is 0.251 e. The topological polar surface area (TPSA) is 62.3 Å². The number of aromatic nitrogens is 1. The Morgan fingerprint density at radius 1 is 0.771 bits per heavy atom. The molecule has 0 fully saturated rings. The third-order valence-corrected chi connectivity index (χ3v) is 5.49. The minimum atomic E-state index is -0.128. The number of pyridine rings is 1. The predicted octanol–water partition coefficient (Wildman–Crippen LogP) is 5.19. The largest absolute Gasteiger partial charge is 0.352 e. The van der Waals surface area contributed by atoms with Gasteiger partial charge in [0, 0.05) is 30.7 Å². The molecule has 1 heterocycles. The Balaban J connectivity index is 1.50. The molecule has 2 amide bonds. The lowest BCUT2D eigenvalue weighted by Gasteiger charge is -2.22. The second-order valence-electron chi connectivity index (χ2n) is 8.13. The third kappa shape index (κ3) is 7.24. The Kier molecular flexibility index (Phi) is 8.17. The van der Waals surface area contributed by atoms with Crippen LogP contribution in [0.4, 0.5) is 5.69 Å². The van der Waals surface area contributed by atoms with Crippen LogP contribution in [0.2, 0.25) is 0 Å². The van der Waals surface area contributed by atoms with Crippen LogP contribution in [0.1, 0.15) is 22.3 Å². The first-order chi connectivity index (χ1) is 17.2. The van der Waals surface area contributed by atoms with Gasteiger partial charge in [0.1, 0.15) is 0 Å². The van der Waals surface area contributed by atoms with Gasteiger partial charge in [-0.2, -0.15) is 0 Å². The van der Waals surface area contributed by atoms with Crippen molar-refractivity contribution < 1.29 is 9.59 Å². The molecular weight excluding hydrogens is 434 g/mol. The Morgan fingerprint density at radius 2 is 1.46 bits per heavy atom. The van der Waals surface area contributed by atoms with Crippen molar-refractivity contribution in [3.8, 4) is 0 Å². The predicted molar refractivity (Wildman–Crippen MR) is 139 cm³/mol. The molecule has 0 bridgehead atoms. The summed E-state index contributed by atoms with van der Waals surface area (Å²) in [4.78, 5) is 31.5. The number of anilines is 1. The summed E-state index contributed by atoms with van der Waals surface area (Å²) in [5, 5.41) is 2.94. The van der Waals surface area contributed by atoms with Crippen molar-refractivity contribution in [1.82, 2.24) is 10.3 Å². The van der Waals surface area contributed by atoms with Crippen LogP contribution in [0, 0.1) is 0 Å². The van der Waals surface area contributed by atoms with Crippen LogP contribution in [0.5, 0.6) is 0 Å². The molecule has 174 valence electrons. The molecule has 0 aliphatic heterocycles. The van der Waals surface area contributed by atoms with Crippen molar-refractivity contribution in [2.45, 2.75) is 19.5 Å². The van der Waals surface area contributed by atoms with Crippen LogP contribution in [-0.2, 0) is 29.1 Å². The summed E-state index contributed by atoms with van der Waals surface area (Å²) in [6, 6.07) is 30.9. The standard InChI is InChI=1S/C30H27N3O2/c34-29(32-22-25-16-18-31-19-17-25)21-27-12-7-13-28(20-27)33(23-26-10-5-2-6-11-26)30(35)15-14-24-8-3-1-4-9-24/h1-20H,21-23H2,(H,32,34)/b15-14+. The monoisotopic (exact) mass is 461 g/mol. The highest BCUT2D eigenvalue weighted by Crippen LogP contribution is 2.21. The molecule has 0 unspecified atom stereocenters. The molecule has 4 rings (SSSR count). The Labute approximate surface area is 205 Å². The van der Waals surface area contributed by atoms with E-state index in [1.807, 2.05) is 103 Å². The Morgan fingerprint density at radius 3 is 2.20 bits per heavy atom. The quantitative estimate of drug-likeness (QED) is 0.349. The molecule has 5 heteroatoms. The van der Waals surface area contributed by atoms with Crippen LogP contribution >= 0.6 is 0 Å². The molecule has 5 nitrogen and oxygen atoms in total. The third-order valence-electron chi connectivity index (χ3n) is 5.49. The molecule has 1 N–H and O–H groups in total. The zero-order valence-electron chi connectivity index (χ0n) is 19.4. The highest BCUT2D eigenvalue weighted by atomic mass is 16.2. The van der Waals surface area contributed by atoms with Crippen molar-refractivity contribution in [1.29, 1.82) is 0 Å². The van der Waals surface area contributed by atoms with E-state index >= 15 is 0 Å². The zero-order chi connectivity index (χ0) is 24.3. The van der Waals surface area contributed by atoms with Crippen molar-refractivity contribution in [2.75, 3.05) is 4.90 Å².